The zero-order chi connectivity index (χ0) is 28.9. The summed E-state index contributed by atoms with van der Waals surface area (Å²) in [7, 11) is 0. The first-order valence-electron chi connectivity index (χ1n) is 14.7. The summed E-state index contributed by atoms with van der Waals surface area (Å²) in [6.07, 6.45) is 3.16. The molecule has 0 saturated heterocycles. The minimum Gasteiger partial charge on any atom is -0.511 e. The van der Waals surface area contributed by atoms with E-state index in [9.17, 15) is 14.7 Å². The molecule has 0 spiro atoms. The van der Waals surface area contributed by atoms with Crippen LogP contribution in [0.3, 0.4) is 0 Å². The maximum atomic E-state index is 13.5. The van der Waals surface area contributed by atoms with Crippen molar-refractivity contribution in [1.82, 2.24) is 5.16 Å². The Morgan fingerprint density at radius 2 is 1.36 bits per heavy atom. The summed E-state index contributed by atoms with van der Waals surface area (Å²) in [5, 5.41) is 15.5. The Hall–Kier alpha value is -4.58. The number of aliphatic hydroxyl groups excluding tert-OH is 1. The molecule has 3 aromatic carbocycles. The zero-order valence-electron chi connectivity index (χ0n) is 23.5. The van der Waals surface area contributed by atoms with Crippen molar-refractivity contribution in [2.24, 2.45) is 4.99 Å². The van der Waals surface area contributed by atoms with Crippen molar-refractivity contribution < 1.29 is 19.2 Å². The van der Waals surface area contributed by atoms with Gasteiger partial charge in [-0.05, 0) is 41.4 Å². The second-order valence-corrected chi connectivity index (χ2v) is 11.2. The van der Waals surface area contributed by atoms with Gasteiger partial charge in [-0.25, -0.2) is 0 Å². The van der Waals surface area contributed by atoms with Crippen molar-refractivity contribution in [3.05, 3.63) is 136 Å². The monoisotopic (exact) mass is 558 g/mol. The standard InChI is InChI=1S/C36H34N2O4/c39-31(17-16-29-36-33(41)22-28(23-34(36)42-38-29)26-14-8-3-9-15-26)35-30(37-19-18-24-10-4-1-5-11-24)20-27(21-32(35)40)25-12-6-2-7-13-25/h1-15,27-28,39H,16-23H2. The van der Waals surface area contributed by atoms with Gasteiger partial charge in [0.05, 0.1) is 16.8 Å². The van der Waals surface area contributed by atoms with Crippen LogP contribution in [0.25, 0.3) is 0 Å². The molecule has 2 aliphatic rings. The van der Waals surface area contributed by atoms with E-state index in [1.807, 2.05) is 78.9 Å². The highest BCUT2D eigenvalue weighted by atomic mass is 16.5. The Labute approximate surface area is 245 Å². The van der Waals surface area contributed by atoms with Crippen LogP contribution in [-0.4, -0.2) is 34.1 Å². The van der Waals surface area contributed by atoms with Gasteiger partial charge in [0.15, 0.2) is 11.6 Å². The number of nitrogens with zero attached hydrogens (tertiary/aromatic N) is 2. The summed E-state index contributed by atoms with van der Waals surface area (Å²) in [6, 6.07) is 30.1. The smallest absolute Gasteiger partial charge is 0.168 e. The van der Waals surface area contributed by atoms with Crippen LogP contribution in [0, 0.1) is 0 Å². The number of fused-ring (bicyclic) bond motifs is 1. The quantitative estimate of drug-likeness (QED) is 0.183. The highest BCUT2D eigenvalue weighted by Crippen LogP contribution is 2.36. The van der Waals surface area contributed by atoms with Crippen molar-refractivity contribution in [3.8, 4) is 0 Å². The normalized spacial score (nSPS) is 20.9. The van der Waals surface area contributed by atoms with Crippen LogP contribution in [0.1, 0.15) is 76.0 Å². The lowest BCUT2D eigenvalue weighted by molar-refractivity contribution is -0.116. The van der Waals surface area contributed by atoms with Crippen LogP contribution >= 0.6 is 0 Å². The van der Waals surface area contributed by atoms with E-state index in [0.29, 0.717) is 67.0 Å². The van der Waals surface area contributed by atoms with Gasteiger partial charge in [0.2, 0.25) is 0 Å². The van der Waals surface area contributed by atoms with E-state index in [0.717, 1.165) is 17.5 Å². The maximum absolute atomic E-state index is 13.5. The van der Waals surface area contributed by atoms with E-state index in [1.54, 1.807) is 0 Å². The molecule has 2 aliphatic carbocycles. The maximum Gasteiger partial charge on any atom is 0.168 e. The number of ketones is 2. The molecule has 4 aromatic rings. The number of benzene rings is 3. The van der Waals surface area contributed by atoms with Crippen LogP contribution in [-0.2, 0) is 24.1 Å². The predicted molar refractivity (Wildman–Crippen MR) is 162 cm³/mol. The molecule has 0 bridgehead atoms. The number of aliphatic hydroxyl groups is 1. The summed E-state index contributed by atoms with van der Waals surface area (Å²) in [5.41, 5.74) is 5.44. The van der Waals surface area contributed by atoms with Crippen molar-refractivity contribution in [1.29, 1.82) is 0 Å². The van der Waals surface area contributed by atoms with Gasteiger partial charge in [0.1, 0.15) is 11.5 Å². The molecule has 1 N–H and O–H groups in total. The third-order valence-electron chi connectivity index (χ3n) is 8.39. The van der Waals surface area contributed by atoms with Crippen molar-refractivity contribution in [3.63, 3.8) is 0 Å². The predicted octanol–water partition coefficient (Wildman–Crippen LogP) is 7.16. The molecule has 212 valence electrons. The molecular weight excluding hydrogens is 524 g/mol. The molecule has 6 nitrogen and oxygen atoms in total. The number of aromatic nitrogens is 1. The van der Waals surface area contributed by atoms with Gasteiger partial charge in [-0.2, -0.15) is 0 Å². The molecule has 6 heteroatoms. The fraction of sp³-hybridized carbons (Fsp3) is 0.278. The zero-order valence-corrected chi connectivity index (χ0v) is 23.5. The number of aliphatic imine (C=N–C) groups is 1. The van der Waals surface area contributed by atoms with E-state index in [4.69, 9.17) is 9.52 Å². The molecular formula is C36H34N2O4. The Bertz CT molecular complexity index is 1620. The van der Waals surface area contributed by atoms with Gasteiger partial charge in [0.25, 0.3) is 0 Å². The van der Waals surface area contributed by atoms with Gasteiger partial charge in [0, 0.05) is 44.4 Å². The number of aryl methyl sites for hydroxylation is 1. The van der Waals surface area contributed by atoms with E-state index >= 15 is 0 Å². The fourth-order valence-corrected chi connectivity index (χ4v) is 6.22. The number of allylic oxidation sites excluding steroid dienone is 2. The minimum atomic E-state index is -0.102. The number of carbonyl (C=O) groups is 2. The molecule has 0 radical (unpaired) electrons. The van der Waals surface area contributed by atoms with Crippen LogP contribution < -0.4 is 0 Å². The average molecular weight is 559 g/mol. The van der Waals surface area contributed by atoms with Gasteiger partial charge in [-0.3, -0.25) is 14.6 Å². The lowest BCUT2D eigenvalue weighted by atomic mass is 9.78. The van der Waals surface area contributed by atoms with E-state index in [2.05, 4.69) is 17.3 Å². The van der Waals surface area contributed by atoms with Crippen LogP contribution in [0.4, 0.5) is 0 Å². The summed E-state index contributed by atoms with van der Waals surface area (Å²) in [5.74, 6) is 0.598. The van der Waals surface area contributed by atoms with E-state index < -0.39 is 0 Å². The Kier molecular flexibility index (Phi) is 8.22. The fourth-order valence-electron chi connectivity index (χ4n) is 6.22. The SMILES string of the molecule is O=C1CC(c2ccccc2)CC(=NCCc2ccccc2)C1=C(O)CCc1noc2c1C(=O)CC(c1ccccc1)C2. The number of hydrogen-bond acceptors (Lipinski definition) is 6. The van der Waals surface area contributed by atoms with Gasteiger partial charge in [-0.1, -0.05) is 96.2 Å². The van der Waals surface area contributed by atoms with Crippen molar-refractivity contribution >= 4 is 17.3 Å². The second kappa shape index (κ2) is 12.5. The average Bonchev–Trinajstić information content (AvgIpc) is 3.44. The van der Waals surface area contributed by atoms with Gasteiger partial charge >= 0.3 is 0 Å². The van der Waals surface area contributed by atoms with Crippen molar-refractivity contribution in [2.75, 3.05) is 6.54 Å². The first kappa shape index (κ1) is 27.6. The summed E-state index contributed by atoms with van der Waals surface area (Å²) < 4.78 is 5.63. The largest absolute Gasteiger partial charge is 0.511 e. The molecule has 6 rings (SSSR count). The molecule has 0 amide bonds. The number of carbonyl (C=O) groups excluding carboxylic acids is 2. The Balaban J connectivity index is 1.21. The highest BCUT2D eigenvalue weighted by Gasteiger charge is 2.34. The molecule has 1 saturated carbocycles. The first-order valence-corrected chi connectivity index (χ1v) is 14.7. The summed E-state index contributed by atoms with van der Waals surface area (Å²) in [4.78, 5) is 31.5. The molecule has 2 atom stereocenters. The van der Waals surface area contributed by atoms with Gasteiger partial charge in [-0.15, -0.1) is 0 Å². The van der Waals surface area contributed by atoms with Crippen LogP contribution in [0.15, 0.2) is 112 Å². The Morgan fingerprint density at radius 3 is 2.02 bits per heavy atom. The summed E-state index contributed by atoms with van der Waals surface area (Å²) >= 11 is 0. The van der Waals surface area contributed by atoms with Crippen LogP contribution in [0.2, 0.25) is 0 Å². The lowest BCUT2D eigenvalue weighted by Gasteiger charge is -2.26. The van der Waals surface area contributed by atoms with Gasteiger partial charge < -0.3 is 9.63 Å². The Morgan fingerprint density at radius 1 is 0.762 bits per heavy atom. The lowest BCUT2D eigenvalue weighted by Crippen LogP contribution is -2.27. The third-order valence-corrected chi connectivity index (χ3v) is 8.39. The number of rotatable bonds is 8. The summed E-state index contributed by atoms with van der Waals surface area (Å²) in [6.45, 7) is 0.527. The first-order chi connectivity index (χ1) is 20.6. The van der Waals surface area contributed by atoms with E-state index in [1.165, 1.54) is 5.56 Å². The second-order valence-electron chi connectivity index (χ2n) is 11.2. The van der Waals surface area contributed by atoms with E-state index in [-0.39, 0.29) is 35.6 Å². The number of Topliss-reactive ketones (excluding diaryl/α,β-unsaturated/α-hetero) is 2. The number of hydrogen-bond donors (Lipinski definition) is 1. The molecule has 1 aromatic heterocycles. The molecule has 2 unspecified atom stereocenters. The highest BCUT2D eigenvalue weighted by molar-refractivity contribution is 6.24. The topological polar surface area (TPSA) is 92.8 Å². The molecule has 0 aliphatic heterocycles. The molecule has 42 heavy (non-hydrogen) atoms. The van der Waals surface area contributed by atoms with Crippen LogP contribution in [0.5, 0.6) is 0 Å². The molecule has 1 fully saturated rings. The van der Waals surface area contributed by atoms with Crippen molar-refractivity contribution in [2.45, 2.75) is 56.8 Å². The molecule has 1 heterocycles. The minimum absolute atomic E-state index is 0.00661. The third kappa shape index (κ3) is 6.03.